The summed E-state index contributed by atoms with van der Waals surface area (Å²) in [5, 5.41) is 0. The molecule has 0 spiro atoms. The van der Waals surface area contributed by atoms with E-state index in [4.69, 9.17) is 4.74 Å². The fourth-order valence-electron chi connectivity index (χ4n) is 6.97. The Bertz CT molecular complexity index is 699. The van der Waals surface area contributed by atoms with Gasteiger partial charge in [0, 0.05) is 0 Å². The molecule has 30 heavy (non-hydrogen) atoms. The fraction of sp³-hybridized carbons (Fsp3) is 0.704. The van der Waals surface area contributed by atoms with Crippen LogP contribution in [-0.4, -0.2) is 7.11 Å². The molecule has 0 bridgehead atoms. The summed E-state index contributed by atoms with van der Waals surface area (Å²) < 4.78 is 33.2. The number of hydrogen-bond donors (Lipinski definition) is 0. The van der Waals surface area contributed by atoms with Gasteiger partial charge >= 0.3 is 0 Å². The van der Waals surface area contributed by atoms with Crippen molar-refractivity contribution in [3.8, 4) is 5.75 Å². The summed E-state index contributed by atoms with van der Waals surface area (Å²) in [6.07, 6.45) is 17.7. The Morgan fingerprint density at radius 2 is 1.43 bits per heavy atom. The zero-order valence-corrected chi connectivity index (χ0v) is 18.6. The van der Waals surface area contributed by atoms with Gasteiger partial charge in [0.05, 0.1) is 7.11 Å². The third kappa shape index (κ3) is 4.75. The Kier molecular flexibility index (Phi) is 7.16. The van der Waals surface area contributed by atoms with Gasteiger partial charge < -0.3 is 4.74 Å². The van der Waals surface area contributed by atoms with Crippen LogP contribution >= 0.6 is 0 Å². The van der Waals surface area contributed by atoms with Gasteiger partial charge in [-0.3, -0.25) is 0 Å². The Morgan fingerprint density at radius 3 is 2.07 bits per heavy atom. The first-order valence-corrected chi connectivity index (χ1v) is 12.2. The highest BCUT2D eigenvalue weighted by atomic mass is 19.1. The number of fused-ring (bicyclic) bond motifs is 1. The van der Waals surface area contributed by atoms with Crippen molar-refractivity contribution >= 4 is 0 Å². The van der Waals surface area contributed by atoms with Crippen LogP contribution < -0.4 is 4.74 Å². The molecule has 1 aromatic rings. The highest BCUT2D eigenvalue weighted by molar-refractivity contribution is 5.33. The van der Waals surface area contributed by atoms with Crippen LogP contribution in [0.4, 0.5) is 8.78 Å². The topological polar surface area (TPSA) is 9.23 Å². The molecule has 0 saturated heterocycles. The molecule has 4 atom stereocenters. The molecular formula is C27H38F2O. The van der Waals surface area contributed by atoms with E-state index in [1.54, 1.807) is 0 Å². The molecule has 4 rings (SSSR count). The summed E-state index contributed by atoms with van der Waals surface area (Å²) in [4.78, 5) is 0. The SMILES string of the molecule is C=CCCC1CCC(C2CCC3CC(c4cc(F)c(OC)c(F)c4)CCC3C2)CC1. The van der Waals surface area contributed by atoms with Crippen LogP contribution in [0.2, 0.25) is 0 Å². The normalized spacial score (nSPS) is 34.2. The van der Waals surface area contributed by atoms with Crippen molar-refractivity contribution in [1.29, 1.82) is 0 Å². The van der Waals surface area contributed by atoms with Gasteiger partial charge in [0.1, 0.15) is 0 Å². The molecule has 3 fully saturated rings. The molecule has 0 heterocycles. The van der Waals surface area contributed by atoms with Gasteiger partial charge in [0.2, 0.25) is 0 Å². The molecule has 0 aliphatic heterocycles. The largest absolute Gasteiger partial charge is 0.491 e. The van der Waals surface area contributed by atoms with Crippen LogP contribution in [0.3, 0.4) is 0 Å². The third-order valence-corrected chi connectivity index (χ3v) is 8.69. The maximum absolute atomic E-state index is 14.2. The highest BCUT2D eigenvalue weighted by Gasteiger charge is 2.39. The molecule has 0 amide bonds. The molecular weight excluding hydrogens is 378 g/mol. The molecule has 4 unspecified atom stereocenters. The van der Waals surface area contributed by atoms with E-state index >= 15 is 0 Å². The van der Waals surface area contributed by atoms with Crippen molar-refractivity contribution in [3.05, 3.63) is 42.0 Å². The summed E-state index contributed by atoms with van der Waals surface area (Å²) in [6, 6.07) is 3.01. The van der Waals surface area contributed by atoms with Gasteiger partial charge in [-0.05, 0) is 117 Å². The van der Waals surface area contributed by atoms with Gasteiger partial charge in [0.25, 0.3) is 0 Å². The zero-order valence-electron chi connectivity index (χ0n) is 18.6. The maximum Gasteiger partial charge on any atom is 0.190 e. The van der Waals surface area contributed by atoms with Crippen molar-refractivity contribution in [3.63, 3.8) is 0 Å². The molecule has 3 aliphatic rings. The van der Waals surface area contributed by atoms with E-state index in [-0.39, 0.29) is 11.7 Å². The van der Waals surface area contributed by atoms with E-state index in [0.29, 0.717) is 0 Å². The Labute approximate surface area is 181 Å². The van der Waals surface area contributed by atoms with Crippen LogP contribution in [0.5, 0.6) is 5.75 Å². The second-order valence-corrected chi connectivity index (χ2v) is 10.3. The molecule has 3 saturated carbocycles. The molecule has 0 radical (unpaired) electrons. The minimum atomic E-state index is -0.568. The van der Waals surface area contributed by atoms with Crippen LogP contribution in [0.15, 0.2) is 24.8 Å². The predicted molar refractivity (Wildman–Crippen MR) is 119 cm³/mol. The Hall–Kier alpha value is -1.38. The molecule has 166 valence electrons. The van der Waals surface area contributed by atoms with E-state index in [9.17, 15) is 8.78 Å². The molecule has 3 aliphatic carbocycles. The van der Waals surface area contributed by atoms with Crippen LogP contribution in [-0.2, 0) is 0 Å². The van der Waals surface area contributed by atoms with E-state index in [1.165, 1.54) is 83.5 Å². The van der Waals surface area contributed by atoms with Crippen molar-refractivity contribution in [1.82, 2.24) is 0 Å². The molecule has 1 aromatic carbocycles. The number of benzene rings is 1. The Morgan fingerprint density at radius 1 is 0.867 bits per heavy atom. The molecule has 0 N–H and O–H groups in total. The van der Waals surface area contributed by atoms with Crippen molar-refractivity contribution < 1.29 is 13.5 Å². The molecule has 1 nitrogen and oxygen atoms in total. The van der Waals surface area contributed by atoms with Gasteiger partial charge in [-0.15, -0.1) is 6.58 Å². The summed E-state index contributed by atoms with van der Waals surface area (Å²) in [6.45, 7) is 3.87. The standard InChI is InChI=1S/C27H38F2O/c1-3-4-5-18-6-8-19(9-7-18)20-10-11-22-15-23(13-12-21(22)14-20)24-16-25(28)27(30-2)26(29)17-24/h3,16-23H,1,4-15H2,2H3. The predicted octanol–water partition coefficient (Wildman–Crippen LogP) is 8.05. The summed E-state index contributed by atoms with van der Waals surface area (Å²) >= 11 is 0. The smallest absolute Gasteiger partial charge is 0.190 e. The lowest BCUT2D eigenvalue weighted by Crippen LogP contribution is -2.34. The van der Waals surface area contributed by atoms with Crippen molar-refractivity contribution in [2.24, 2.45) is 29.6 Å². The van der Waals surface area contributed by atoms with Crippen molar-refractivity contribution in [2.45, 2.75) is 83.0 Å². The van der Waals surface area contributed by atoms with Crippen molar-refractivity contribution in [2.75, 3.05) is 7.11 Å². The fourth-order valence-corrected chi connectivity index (χ4v) is 6.97. The first-order valence-electron chi connectivity index (χ1n) is 12.2. The van der Waals surface area contributed by atoms with Gasteiger partial charge in [-0.2, -0.15) is 0 Å². The quantitative estimate of drug-likeness (QED) is 0.426. The minimum absolute atomic E-state index is 0.257. The van der Waals surface area contributed by atoms with E-state index in [1.807, 2.05) is 0 Å². The second kappa shape index (κ2) is 9.83. The first-order chi connectivity index (χ1) is 14.6. The maximum atomic E-state index is 14.2. The Balaban J connectivity index is 1.31. The lowest BCUT2D eigenvalue weighted by molar-refractivity contribution is 0.0712. The number of halogens is 2. The summed E-state index contributed by atoms with van der Waals surface area (Å²) in [5.41, 5.74) is 0.823. The number of methoxy groups -OCH3 is 1. The van der Waals surface area contributed by atoms with E-state index < -0.39 is 11.6 Å². The lowest BCUT2D eigenvalue weighted by atomic mass is 9.60. The zero-order chi connectivity index (χ0) is 21.1. The van der Waals surface area contributed by atoms with E-state index in [2.05, 4.69) is 12.7 Å². The number of hydrogen-bond acceptors (Lipinski definition) is 1. The highest BCUT2D eigenvalue weighted by Crippen LogP contribution is 2.51. The second-order valence-electron chi connectivity index (χ2n) is 10.3. The summed E-state index contributed by atoms with van der Waals surface area (Å²) in [5.74, 6) is 3.24. The minimum Gasteiger partial charge on any atom is -0.491 e. The van der Waals surface area contributed by atoms with Crippen LogP contribution in [0, 0.1) is 41.2 Å². The number of ether oxygens (including phenoxy) is 1. The molecule has 3 heteroatoms. The lowest BCUT2D eigenvalue weighted by Gasteiger charge is -2.45. The third-order valence-electron chi connectivity index (χ3n) is 8.69. The average molecular weight is 417 g/mol. The van der Waals surface area contributed by atoms with Gasteiger partial charge in [-0.1, -0.05) is 18.9 Å². The first kappa shape index (κ1) is 21.8. The van der Waals surface area contributed by atoms with Crippen LogP contribution in [0.1, 0.15) is 88.5 Å². The average Bonchev–Trinajstić information content (AvgIpc) is 2.77. The van der Waals surface area contributed by atoms with Gasteiger partial charge in [0.15, 0.2) is 17.4 Å². The monoisotopic (exact) mass is 416 g/mol. The number of rotatable bonds is 6. The van der Waals surface area contributed by atoms with Crippen LogP contribution in [0.25, 0.3) is 0 Å². The van der Waals surface area contributed by atoms with E-state index in [0.717, 1.165) is 48.0 Å². The number of allylic oxidation sites excluding steroid dienone is 1. The molecule has 0 aromatic heterocycles. The summed E-state index contributed by atoms with van der Waals surface area (Å²) in [7, 11) is 1.32. The van der Waals surface area contributed by atoms with Gasteiger partial charge in [-0.25, -0.2) is 8.78 Å².